The van der Waals surface area contributed by atoms with E-state index in [1.54, 1.807) is 12.3 Å². The van der Waals surface area contributed by atoms with Gasteiger partial charge < -0.3 is 19.6 Å². The number of aromatic nitrogens is 1. The molecule has 0 spiro atoms. The van der Waals surface area contributed by atoms with E-state index >= 15 is 0 Å². The van der Waals surface area contributed by atoms with Gasteiger partial charge in [0.15, 0.2) is 0 Å². The topological polar surface area (TPSA) is 101 Å². The van der Waals surface area contributed by atoms with Gasteiger partial charge in [-0.05, 0) is 124 Å². The Balaban J connectivity index is 1.08. The molecule has 0 bridgehead atoms. The van der Waals surface area contributed by atoms with Crippen molar-refractivity contribution in [3.63, 3.8) is 0 Å². The van der Waals surface area contributed by atoms with Crippen molar-refractivity contribution in [2.75, 3.05) is 23.4 Å². The number of phenolic OH excluding ortho intramolecular Hbond substituents is 1. The molecule has 2 aliphatic heterocycles. The van der Waals surface area contributed by atoms with E-state index in [4.69, 9.17) is 14.1 Å². The summed E-state index contributed by atoms with van der Waals surface area (Å²) in [6.07, 6.45) is 5.03. The van der Waals surface area contributed by atoms with Gasteiger partial charge in [0.25, 0.3) is 8.32 Å². The molecule has 2 fully saturated rings. The number of imide groups is 1. The molecule has 0 radical (unpaired) electrons. The van der Waals surface area contributed by atoms with Crippen LogP contribution in [0.15, 0.2) is 173 Å². The maximum absolute atomic E-state index is 14.8. The molecule has 5 aromatic carbocycles. The maximum Gasteiger partial charge on any atom is 0.261 e. The number of allylic oxidation sites excluding steroid dienone is 1. The lowest BCUT2D eigenvalue weighted by Crippen LogP contribution is -2.66. The number of carbonyl (C=O) groups excluding carboxylic acids is 2. The molecular formula is C54H52BrN3O5Si. The third-order valence-electron chi connectivity index (χ3n) is 13.1. The minimum atomic E-state index is -2.99. The van der Waals surface area contributed by atoms with Crippen LogP contribution in [0.5, 0.6) is 5.75 Å². The Morgan fingerprint density at radius 2 is 1.47 bits per heavy atom. The van der Waals surface area contributed by atoms with Crippen molar-refractivity contribution in [1.29, 1.82) is 0 Å². The number of benzene rings is 5. The van der Waals surface area contributed by atoms with Crippen LogP contribution in [0.1, 0.15) is 51.3 Å². The fourth-order valence-corrected chi connectivity index (χ4v) is 15.1. The number of hydrogen-bond acceptors (Lipinski definition) is 7. The maximum atomic E-state index is 14.8. The van der Waals surface area contributed by atoms with Crippen molar-refractivity contribution in [2.45, 2.75) is 51.2 Å². The molecular weight excluding hydrogens is 879 g/mol. The molecule has 10 heteroatoms. The Morgan fingerprint density at radius 1 is 0.828 bits per heavy atom. The van der Waals surface area contributed by atoms with E-state index in [-0.39, 0.29) is 34.6 Å². The standard InChI is InChI=1S/C54H52BrN3O5Si/c1-54(2,3)64(43-17-9-5-10-18-43,44-19-11-6-12-20-44)63-34-38-33-45-51(53(61)58(52(45)60)42-26-24-41(25-27-42)57-40-15-7-4-8-16-40)46-35-62-49(50(38)46)29-22-36(47-21-13-14-30-56-47)31-37-32-39(55)23-28-48(37)59/h4-21,23-28,30-32,45-46,49,51,57,59H,22,29,33-35H2,1-3H3/b36-31-/t45-,46+,49-,51-/m1/s1. The molecule has 3 aliphatic rings. The molecule has 1 aromatic heterocycles. The second-order valence-electron chi connectivity index (χ2n) is 18.0. The van der Waals surface area contributed by atoms with E-state index in [0.717, 1.165) is 38.3 Å². The van der Waals surface area contributed by atoms with Crippen molar-refractivity contribution in [3.05, 3.63) is 185 Å². The molecule has 2 amide bonds. The van der Waals surface area contributed by atoms with Crippen LogP contribution in [0.3, 0.4) is 0 Å². The highest BCUT2D eigenvalue weighted by atomic mass is 79.9. The van der Waals surface area contributed by atoms with Gasteiger partial charge in [-0.25, -0.2) is 0 Å². The summed E-state index contributed by atoms with van der Waals surface area (Å²) >= 11 is 3.57. The summed E-state index contributed by atoms with van der Waals surface area (Å²) in [4.78, 5) is 35.6. The number of rotatable bonds is 13. The predicted molar refractivity (Wildman–Crippen MR) is 261 cm³/mol. The molecule has 6 aromatic rings. The molecule has 1 aliphatic carbocycles. The van der Waals surface area contributed by atoms with Gasteiger partial charge in [-0.3, -0.25) is 19.5 Å². The number of anilines is 3. The van der Waals surface area contributed by atoms with Crippen LogP contribution in [0.2, 0.25) is 5.04 Å². The average Bonchev–Trinajstić information content (AvgIpc) is 3.84. The van der Waals surface area contributed by atoms with Gasteiger partial charge in [-0.15, -0.1) is 0 Å². The van der Waals surface area contributed by atoms with Crippen LogP contribution >= 0.6 is 15.9 Å². The molecule has 324 valence electrons. The monoisotopic (exact) mass is 929 g/mol. The molecule has 4 atom stereocenters. The molecule has 2 N–H and O–H groups in total. The number of aromatic hydroxyl groups is 1. The Hall–Kier alpha value is -5.91. The third-order valence-corrected chi connectivity index (χ3v) is 18.5. The molecule has 9 rings (SSSR count). The molecule has 64 heavy (non-hydrogen) atoms. The molecule has 0 unspecified atom stereocenters. The first-order valence-corrected chi connectivity index (χ1v) is 24.7. The number of fused-ring (bicyclic) bond motifs is 3. The van der Waals surface area contributed by atoms with Gasteiger partial charge in [0.2, 0.25) is 11.8 Å². The van der Waals surface area contributed by atoms with E-state index in [9.17, 15) is 14.7 Å². The van der Waals surface area contributed by atoms with Crippen LogP contribution in [-0.2, 0) is 18.8 Å². The Bertz CT molecular complexity index is 2650. The summed E-state index contributed by atoms with van der Waals surface area (Å²) in [5.41, 5.74) is 6.93. The van der Waals surface area contributed by atoms with Gasteiger partial charge in [-0.2, -0.15) is 0 Å². The number of amides is 2. The summed E-state index contributed by atoms with van der Waals surface area (Å²) in [7, 11) is -2.99. The van der Waals surface area contributed by atoms with E-state index in [1.807, 2.05) is 103 Å². The van der Waals surface area contributed by atoms with Crippen molar-refractivity contribution >= 4 is 75.1 Å². The number of hydrogen-bond donors (Lipinski definition) is 2. The van der Waals surface area contributed by atoms with Gasteiger partial charge in [0, 0.05) is 33.5 Å². The Labute approximate surface area is 384 Å². The minimum absolute atomic E-state index is 0.175. The quantitative estimate of drug-likeness (QED) is 0.0676. The van der Waals surface area contributed by atoms with Crippen LogP contribution in [0.25, 0.3) is 11.6 Å². The van der Waals surface area contributed by atoms with Crippen molar-refractivity contribution in [2.24, 2.45) is 17.8 Å². The molecule has 2 saturated heterocycles. The summed E-state index contributed by atoms with van der Waals surface area (Å²) in [6.45, 7) is 7.43. The predicted octanol–water partition coefficient (Wildman–Crippen LogP) is 10.7. The van der Waals surface area contributed by atoms with E-state index < -0.39 is 20.2 Å². The van der Waals surface area contributed by atoms with Crippen LogP contribution < -0.4 is 20.6 Å². The average molecular weight is 931 g/mol. The summed E-state index contributed by atoms with van der Waals surface area (Å²) < 4.78 is 15.2. The van der Waals surface area contributed by atoms with Gasteiger partial charge in [0.05, 0.1) is 42.5 Å². The number of nitrogens with zero attached hydrogens (tertiary/aromatic N) is 2. The summed E-state index contributed by atoms with van der Waals surface area (Å²) in [6, 6.07) is 49.8. The third kappa shape index (κ3) is 8.43. The number of ether oxygens (including phenoxy) is 1. The van der Waals surface area contributed by atoms with Gasteiger partial charge in [-0.1, -0.05) is 122 Å². The first-order valence-electron chi connectivity index (χ1n) is 22.0. The van der Waals surface area contributed by atoms with Crippen LogP contribution in [0.4, 0.5) is 17.1 Å². The zero-order valence-corrected chi connectivity index (χ0v) is 38.9. The minimum Gasteiger partial charge on any atom is -0.507 e. The highest BCUT2D eigenvalue weighted by molar-refractivity contribution is 9.10. The fraction of sp³-hybridized carbons (Fsp3) is 0.241. The summed E-state index contributed by atoms with van der Waals surface area (Å²) in [5.74, 6) is -1.59. The Morgan fingerprint density at radius 3 is 2.11 bits per heavy atom. The lowest BCUT2D eigenvalue weighted by Gasteiger charge is -2.44. The second kappa shape index (κ2) is 18.3. The first-order chi connectivity index (χ1) is 31.0. The van der Waals surface area contributed by atoms with Crippen molar-refractivity contribution in [1.82, 2.24) is 4.98 Å². The van der Waals surface area contributed by atoms with Crippen molar-refractivity contribution < 1.29 is 23.9 Å². The highest BCUT2D eigenvalue weighted by Gasteiger charge is 2.58. The fourth-order valence-electron chi connectivity index (χ4n) is 10.1. The lowest BCUT2D eigenvalue weighted by molar-refractivity contribution is -0.122. The van der Waals surface area contributed by atoms with Crippen LogP contribution in [0, 0.1) is 17.8 Å². The number of pyridine rings is 1. The van der Waals surface area contributed by atoms with Crippen LogP contribution in [-0.4, -0.2) is 49.5 Å². The molecule has 0 saturated carbocycles. The number of halogens is 1. The number of phenols is 1. The lowest BCUT2D eigenvalue weighted by atomic mass is 9.69. The van der Waals surface area contributed by atoms with Crippen molar-refractivity contribution in [3.8, 4) is 5.75 Å². The largest absolute Gasteiger partial charge is 0.507 e. The van der Waals surface area contributed by atoms with E-state index in [0.29, 0.717) is 43.7 Å². The van der Waals surface area contributed by atoms with E-state index in [1.165, 1.54) is 15.3 Å². The van der Waals surface area contributed by atoms with E-state index in [2.05, 4.69) is 90.5 Å². The number of nitrogens with one attached hydrogen (secondary N) is 1. The first kappa shape index (κ1) is 43.3. The van der Waals surface area contributed by atoms with Gasteiger partial charge >= 0.3 is 0 Å². The normalized spacial score (nSPS) is 20.1. The van der Waals surface area contributed by atoms with Gasteiger partial charge in [0.1, 0.15) is 5.75 Å². The zero-order valence-electron chi connectivity index (χ0n) is 36.3. The second-order valence-corrected chi connectivity index (χ2v) is 23.2. The molecule has 8 nitrogen and oxygen atoms in total. The SMILES string of the molecule is CC(C)(C)[Si](OCC1=C2[C@@H](CC/C(=C/c3cc(Br)ccc3O)c3ccccn3)OC[C@@H]2[C@@H]2C(=O)N(c3ccc(Nc4ccccc4)cc3)C(=O)[C@@H]2C1)(c1ccccc1)c1ccccc1. The highest BCUT2D eigenvalue weighted by Crippen LogP contribution is 2.51. The molecule has 3 heterocycles. The summed E-state index contributed by atoms with van der Waals surface area (Å²) in [5, 5.41) is 16.3. The smallest absolute Gasteiger partial charge is 0.261 e. The number of carbonyl (C=O) groups is 2. The number of para-hydroxylation sites is 1. The Kier molecular flexibility index (Phi) is 12.4. The zero-order chi connectivity index (χ0) is 44.4.